The van der Waals surface area contributed by atoms with Gasteiger partial charge in [0.05, 0.1) is 0 Å². The number of hydrogen-bond acceptors (Lipinski definition) is 2. The highest BCUT2D eigenvalue weighted by Crippen LogP contribution is 2.34. The van der Waals surface area contributed by atoms with Crippen molar-refractivity contribution in [2.24, 2.45) is 17.8 Å². The highest BCUT2D eigenvalue weighted by atomic mass is 15.2. The van der Waals surface area contributed by atoms with Gasteiger partial charge >= 0.3 is 0 Å². The molecule has 2 fully saturated rings. The summed E-state index contributed by atoms with van der Waals surface area (Å²) in [4.78, 5) is 2.79. The van der Waals surface area contributed by atoms with Gasteiger partial charge in [0.25, 0.3) is 0 Å². The third-order valence-corrected chi connectivity index (χ3v) is 4.57. The Hall–Kier alpha value is -0.0800. The van der Waals surface area contributed by atoms with Gasteiger partial charge in [0.2, 0.25) is 0 Å². The molecule has 1 N–H and O–H groups in total. The summed E-state index contributed by atoms with van der Waals surface area (Å²) in [6.45, 7) is 12.3. The van der Waals surface area contributed by atoms with Crippen LogP contribution < -0.4 is 5.32 Å². The lowest BCUT2D eigenvalue weighted by molar-refractivity contribution is 0.187. The summed E-state index contributed by atoms with van der Waals surface area (Å²) < 4.78 is 0. The van der Waals surface area contributed by atoms with Crippen LogP contribution in [0.15, 0.2) is 0 Å². The highest BCUT2D eigenvalue weighted by molar-refractivity contribution is 4.98. The van der Waals surface area contributed by atoms with Gasteiger partial charge in [-0.2, -0.15) is 0 Å². The predicted octanol–water partition coefficient (Wildman–Crippen LogP) is 2.35. The molecule has 0 spiro atoms. The third-order valence-electron chi connectivity index (χ3n) is 4.57. The third kappa shape index (κ3) is 2.43. The van der Waals surface area contributed by atoms with Crippen molar-refractivity contribution in [1.29, 1.82) is 0 Å². The van der Waals surface area contributed by atoms with E-state index in [9.17, 15) is 0 Å². The van der Waals surface area contributed by atoms with Gasteiger partial charge in [0.1, 0.15) is 0 Å². The van der Waals surface area contributed by atoms with E-state index in [0.29, 0.717) is 0 Å². The zero-order valence-electron chi connectivity index (χ0n) is 11.2. The van der Waals surface area contributed by atoms with Crippen LogP contribution in [-0.2, 0) is 0 Å². The molecule has 0 amide bonds. The van der Waals surface area contributed by atoms with Crippen LogP contribution in [0.1, 0.15) is 40.0 Å². The number of fused-ring (bicyclic) bond motifs is 1. The Morgan fingerprint density at radius 3 is 2.81 bits per heavy atom. The molecule has 0 aliphatic carbocycles. The minimum absolute atomic E-state index is 0.860. The molecule has 2 saturated heterocycles. The van der Waals surface area contributed by atoms with Crippen molar-refractivity contribution in [2.75, 3.05) is 26.2 Å². The van der Waals surface area contributed by atoms with Crippen molar-refractivity contribution < 1.29 is 0 Å². The lowest BCUT2D eigenvalue weighted by Crippen LogP contribution is -2.37. The molecule has 0 saturated carbocycles. The topological polar surface area (TPSA) is 15.3 Å². The summed E-state index contributed by atoms with van der Waals surface area (Å²) in [6.07, 6.45) is 4.06. The van der Waals surface area contributed by atoms with Crippen LogP contribution in [-0.4, -0.2) is 37.1 Å². The van der Waals surface area contributed by atoms with Gasteiger partial charge in [-0.05, 0) is 43.7 Å². The molecule has 0 aromatic rings. The number of likely N-dealkylation sites (tertiary alicyclic amines) is 1. The number of nitrogens with zero attached hydrogens (tertiary/aromatic N) is 1. The Bertz CT molecular complexity index is 217. The van der Waals surface area contributed by atoms with Gasteiger partial charge in [-0.15, -0.1) is 0 Å². The van der Waals surface area contributed by atoms with E-state index < -0.39 is 0 Å². The summed E-state index contributed by atoms with van der Waals surface area (Å²) in [5, 5.41) is 3.56. The molecule has 2 aliphatic heterocycles. The van der Waals surface area contributed by atoms with Crippen molar-refractivity contribution in [3.63, 3.8) is 0 Å². The number of rotatable bonds is 5. The van der Waals surface area contributed by atoms with Crippen LogP contribution >= 0.6 is 0 Å². The summed E-state index contributed by atoms with van der Waals surface area (Å²) in [5.41, 5.74) is 0. The summed E-state index contributed by atoms with van der Waals surface area (Å²) in [6, 6.07) is 0.860. The molecule has 4 unspecified atom stereocenters. The number of hydrogen-bond donors (Lipinski definition) is 1. The quantitative estimate of drug-likeness (QED) is 0.771. The second-order valence-corrected chi connectivity index (χ2v) is 5.91. The fourth-order valence-corrected chi connectivity index (χ4v) is 3.87. The molecule has 2 nitrogen and oxygen atoms in total. The maximum Gasteiger partial charge on any atom is 0.0137 e. The summed E-state index contributed by atoms with van der Waals surface area (Å²) in [7, 11) is 0. The van der Waals surface area contributed by atoms with Crippen LogP contribution in [0, 0.1) is 17.8 Å². The van der Waals surface area contributed by atoms with Gasteiger partial charge in [0, 0.05) is 19.1 Å². The Balaban J connectivity index is 1.90. The van der Waals surface area contributed by atoms with E-state index >= 15 is 0 Å². The second kappa shape index (κ2) is 5.50. The maximum absolute atomic E-state index is 3.56. The van der Waals surface area contributed by atoms with Gasteiger partial charge in [-0.25, -0.2) is 0 Å². The monoisotopic (exact) mass is 224 g/mol. The Labute approximate surface area is 101 Å². The van der Waals surface area contributed by atoms with E-state index in [4.69, 9.17) is 0 Å². The first kappa shape index (κ1) is 12.4. The Kier molecular flexibility index (Phi) is 4.26. The van der Waals surface area contributed by atoms with E-state index in [1.54, 1.807) is 0 Å². The summed E-state index contributed by atoms with van der Waals surface area (Å²) >= 11 is 0. The minimum Gasteiger partial charge on any atom is -0.316 e. The minimum atomic E-state index is 0.860. The van der Waals surface area contributed by atoms with Crippen molar-refractivity contribution in [2.45, 2.75) is 46.1 Å². The SMILES string of the molecule is CCCC(C)CN1CC2CNCC2C1CC. The molecule has 94 valence electrons. The zero-order valence-corrected chi connectivity index (χ0v) is 11.2. The van der Waals surface area contributed by atoms with Gasteiger partial charge < -0.3 is 5.32 Å². The standard InChI is InChI=1S/C14H28N2/c1-4-6-11(3)9-16-10-12-7-15-8-13(12)14(16)5-2/h11-15H,4-10H2,1-3H3. The molecule has 0 bridgehead atoms. The average molecular weight is 224 g/mol. The van der Waals surface area contributed by atoms with Crippen molar-refractivity contribution in [3.8, 4) is 0 Å². The van der Waals surface area contributed by atoms with E-state index in [-0.39, 0.29) is 0 Å². The van der Waals surface area contributed by atoms with Gasteiger partial charge in [-0.3, -0.25) is 4.90 Å². The van der Waals surface area contributed by atoms with Crippen molar-refractivity contribution in [1.82, 2.24) is 10.2 Å². The Morgan fingerprint density at radius 2 is 2.12 bits per heavy atom. The van der Waals surface area contributed by atoms with Gasteiger partial charge in [0.15, 0.2) is 0 Å². The molecule has 0 aromatic carbocycles. The smallest absolute Gasteiger partial charge is 0.0137 e. The molecular weight excluding hydrogens is 196 g/mol. The number of nitrogens with one attached hydrogen (secondary N) is 1. The maximum atomic E-state index is 3.56. The molecule has 2 rings (SSSR count). The predicted molar refractivity (Wildman–Crippen MR) is 69.6 cm³/mol. The first-order chi connectivity index (χ1) is 7.76. The van der Waals surface area contributed by atoms with E-state index in [2.05, 4.69) is 31.0 Å². The van der Waals surface area contributed by atoms with E-state index in [1.807, 2.05) is 0 Å². The highest BCUT2D eigenvalue weighted by Gasteiger charge is 2.42. The molecule has 0 radical (unpaired) electrons. The van der Waals surface area contributed by atoms with E-state index in [0.717, 1.165) is 23.8 Å². The van der Waals surface area contributed by atoms with Crippen molar-refractivity contribution in [3.05, 3.63) is 0 Å². The lowest BCUT2D eigenvalue weighted by Gasteiger charge is -2.29. The first-order valence-electron chi connectivity index (χ1n) is 7.21. The van der Waals surface area contributed by atoms with Gasteiger partial charge in [-0.1, -0.05) is 27.2 Å². The van der Waals surface area contributed by atoms with Crippen LogP contribution in [0.25, 0.3) is 0 Å². The van der Waals surface area contributed by atoms with Crippen LogP contribution in [0.5, 0.6) is 0 Å². The molecule has 2 heterocycles. The second-order valence-electron chi connectivity index (χ2n) is 5.91. The van der Waals surface area contributed by atoms with E-state index in [1.165, 1.54) is 45.4 Å². The van der Waals surface area contributed by atoms with Crippen LogP contribution in [0.3, 0.4) is 0 Å². The molecule has 2 aliphatic rings. The summed E-state index contributed by atoms with van der Waals surface area (Å²) in [5.74, 6) is 2.77. The van der Waals surface area contributed by atoms with Crippen LogP contribution in [0.2, 0.25) is 0 Å². The fourth-order valence-electron chi connectivity index (χ4n) is 3.87. The largest absolute Gasteiger partial charge is 0.316 e. The molecular formula is C14H28N2. The molecule has 2 heteroatoms. The van der Waals surface area contributed by atoms with Crippen molar-refractivity contribution >= 4 is 0 Å². The Morgan fingerprint density at radius 1 is 1.31 bits per heavy atom. The fraction of sp³-hybridized carbons (Fsp3) is 1.00. The zero-order chi connectivity index (χ0) is 11.5. The lowest BCUT2D eigenvalue weighted by atomic mass is 9.92. The molecule has 0 aromatic heterocycles. The average Bonchev–Trinajstić information content (AvgIpc) is 2.77. The first-order valence-corrected chi connectivity index (χ1v) is 7.21. The van der Waals surface area contributed by atoms with Crippen LogP contribution in [0.4, 0.5) is 0 Å². The molecule has 16 heavy (non-hydrogen) atoms. The molecule has 4 atom stereocenters. The normalized spacial score (nSPS) is 36.6.